The van der Waals surface area contributed by atoms with E-state index in [4.69, 9.17) is 5.73 Å². The summed E-state index contributed by atoms with van der Waals surface area (Å²) >= 11 is 1.82. The van der Waals surface area contributed by atoms with Crippen LogP contribution in [0.25, 0.3) is 24.3 Å². The molecule has 1 unspecified atom stereocenters. The molecule has 0 saturated heterocycles. The fourth-order valence-electron chi connectivity index (χ4n) is 1.66. The highest BCUT2D eigenvalue weighted by molar-refractivity contribution is 7.07. The lowest BCUT2D eigenvalue weighted by molar-refractivity contribution is 0.971. The van der Waals surface area contributed by atoms with E-state index in [1.54, 1.807) is 0 Å². The summed E-state index contributed by atoms with van der Waals surface area (Å²) in [4.78, 5) is 0. The Balaban J connectivity index is 3.87. The molecule has 15 heavy (non-hydrogen) atoms. The van der Waals surface area contributed by atoms with Crippen LogP contribution < -0.4 is 25.2 Å². The van der Waals surface area contributed by atoms with Crippen molar-refractivity contribution < 1.29 is 0 Å². The summed E-state index contributed by atoms with van der Waals surface area (Å²) in [5.74, 6) is 0. The van der Waals surface area contributed by atoms with E-state index in [2.05, 4.69) is 45.1 Å². The third-order valence-electron chi connectivity index (χ3n) is 2.28. The maximum absolute atomic E-state index is 5.83. The maximum Gasteiger partial charge on any atom is 0.0309 e. The first-order valence-electron chi connectivity index (χ1n) is 5.29. The second-order valence-corrected chi connectivity index (χ2v) is 4.63. The van der Waals surface area contributed by atoms with Gasteiger partial charge in [-0.1, -0.05) is 24.3 Å². The average Bonchev–Trinajstić information content (AvgIpc) is 2.54. The highest BCUT2D eigenvalue weighted by Crippen LogP contribution is 1.75. The van der Waals surface area contributed by atoms with Crippen molar-refractivity contribution in [2.45, 2.75) is 33.7 Å². The summed E-state index contributed by atoms with van der Waals surface area (Å²) in [6, 6.07) is 0.0988. The minimum absolute atomic E-state index is 0.0988. The molecule has 0 spiro atoms. The van der Waals surface area contributed by atoms with E-state index >= 15 is 0 Å². The third-order valence-corrected chi connectivity index (χ3v) is 3.63. The first-order chi connectivity index (χ1) is 7.13. The smallest absolute Gasteiger partial charge is 0.0309 e. The van der Waals surface area contributed by atoms with Gasteiger partial charge in [-0.3, -0.25) is 0 Å². The second-order valence-electron chi connectivity index (χ2n) is 3.55. The van der Waals surface area contributed by atoms with Gasteiger partial charge in [0.15, 0.2) is 0 Å². The van der Waals surface area contributed by atoms with Crippen molar-refractivity contribution in [3.63, 3.8) is 0 Å². The van der Waals surface area contributed by atoms with Crippen LogP contribution in [0.2, 0.25) is 0 Å². The standard InChI is InChI=1S/C13H19NS/c1-5-10-11(8-9(4)14)13(7-3)15-12(10)6-2/h5-9H,14H2,1-4H3/b10-5-,11-8-,12-6+,13-7+. The molecule has 1 atom stereocenters. The van der Waals surface area contributed by atoms with E-state index in [1.165, 1.54) is 19.5 Å². The van der Waals surface area contributed by atoms with E-state index in [9.17, 15) is 0 Å². The molecule has 1 rings (SSSR count). The minimum atomic E-state index is 0.0988. The van der Waals surface area contributed by atoms with Gasteiger partial charge in [0, 0.05) is 15.1 Å². The van der Waals surface area contributed by atoms with Gasteiger partial charge < -0.3 is 5.73 Å². The van der Waals surface area contributed by atoms with Crippen LogP contribution in [0.4, 0.5) is 0 Å². The van der Waals surface area contributed by atoms with Crippen LogP contribution >= 0.6 is 11.3 Å². The lowest BCUT2D eigenvalue weighted by Gasteiger charge is -1.92. The first kappa shape index (κ1) is 12.2. The van der Waals surface area contributed by atoms with Crippen molar-refractivity contribution in [2.75, 3.05) is 0 Å². The van der Waals surface area contributed by atoms with Gasteiger partial charge >= 0.3 is 0 Å². The van der Waals surface area contributed by atoms with E-state index in [1.807, 2.05) is 18.3 Å². The van der Waals surface area contributed by atoms with Gasteiger partial charge in [0.1, 0.15) is 0 Å². The minimum Gasteiger partial charge on any atom is -0.325 e. The van der Waals surface area contributed by atoms with Crippen molar-refractivity contribution in [1.29, 1.82) is 0 Å². The van der Waals surface area contributed by atoms with Crippen molar-refractivity contribution in [2.24, 2.45) is 5.73 Å². The van der Waals surface area contributed by atoms with E-state index in [0.717, 1.165) is 0 Å². The molecular formula is C13H19NS. The van der Waals surface area contributed by atoms with Crippen LogP contribution in [-0.4, -0.2) is 6.04 Å². The number of hydrogen-bond donors (Lipinski definition) is 1. The Morgan fingerprint density at radius 3 is 1.93 bits per heavy atom. The summed E-state index contributed by atoms with van der Waals surface area (Å²) in [6.45, 7) is 8.23. The Labute approximate surface area is 94.9 Å². The van der Waals surface area contributed by atoms with Crippen LogP contribution in [0, 0.1) is 0 Å². The zero-order valence-corrected chi connectivity index (χ0v) is 10.7. The number of rotatable bonds is 1. The largest absolute Gasteiger partial charge is 0.325 e. The molecule has 0 aromatic carbocycles. The molecule has 0 aliphatic carbocycles. The van der Waals surface area contributed by atoms with Crippen LogP contribution in [-0.2, 0) is 0 Å². The summed E-state index contributed by atoms with van der Waals surface area (Å²) < 4.78 is 2.64. The fourth-order valence-corrected chi connectivity index (χ4v) is 2.75. The highest BCUT2D eigenvalue weighted by atomic mass is 32.1. The normalized spacial score (nSPS) is 19.0. The molecule has 0 saturated carbocycles. The molecular weight excluding hydrogens is 202 g/mol. The molecule has 1 aromatic rings. The lowest BCUT2D eigenvalue weighted by atomic mass is 10.2. The summed E-state index contributed by atoms with van der Waals surface area (Å²) in [5, 5.41) is 2.60. The Hall–Kier alpha value is -0.860. The molecule has 0 amide bonds. The van der Waals surface area contributed by atoms with Crippen LogP contribution in [0.15, 0.2) is 0 Å². The molecule has 2 N–H and O–H groups in total. The third kappa shape index (κ3) is 2.58. The Kier molecular flexibility index (Phi) is 4.30. The average molecular weight is 221 g/mol. The molecule has 0 aliphatic rings. The molecule has 2 heteroatoms. The summed E-state index contributed by atoms with van der Waals surface area (Å²) in [6.07, 6.45) is 8.60. The first-order valence-corrected chi connectivity index (χ1v) is 6.11. The topological polar surface area (TPSA) is 26.0 Å². The summed E-state index contributed by atoms with van der Waals surface area (Å²) in [7, 11) is 0. The van der Waals surface area contributed by atoms with Gasteiger partial charge in [0.05, 0.1) is 0 Å². The highest BCUT2D eigenvalue weighted by Gasteiger charge is 1.95. The fraction of sp³-hybridized carbons (Fsp3) is 0.385. The van der Waals surface area contributed by atoms with Crippen LogP contribution in [0.1, 0.15) is 27.7 Å². The number of hydrogen-bond acceptors (Lipinski definition) is 2. The van der Waals surface area contributed by atoms with E-state index in [0.29, 0.717) is 0 Å². The van der Waals surface area contributed by atoms with Gasteiger partial charge in [-0.15, -0.1) is 11.3 Å². The predicted octanol–water partition coefficient (Wildman–Crippen LogP) is 0.277. The molecule has 1 aromatic heterocycles. The van der Waals surface area contributed by atoms with Crippen molar-refractivity contribution in [3.05, 3.63) is 19.5 Å². The zero-order valence-electron chi connectivity index (χ0n) is 9.87. The quantitative estimate of drug-likeness (QED) is 0.724. The second kappa shape index (κ2) is 5.29. The number of thiophene rings is 1. The Morgan fingerprint density at radius 2 is 1.53 bits per heavy atom. The molecule has 0 fully saturated rings. The van der Waals surface area contributed by atoms with Crippen molar-refractivity contribution in [1.82, 2.24) is 0 Å². The van der Waals surface area contributed by atoms with Crippen molar-refractivity contribution in [3.8, 4) is 0 Å². The molecule has 0 aliphatic heterocycles. The monoisotopic (exact) mass is 221 g/mol. The molecule has 1 nitrogen and oxygen atoms in total. The van der Waals surface area contributed by atoms with E-state index in [-0.39, 0.29) is 6.04 Å². The van der Waals surface area contributed by atoms with Crippen molar-refractivity contribution >= 4 is 35.6 Å². The van der Waals surface area contributed by atoms with Gasteiger partial charge in [0.25, 0.3) is 0 Å². The maximum atomic E-state index is 5.83. The van der Waals surface area contributed by atoms with Gasteiger partial charge in [-0.05, 0) is 38.1 Å². The van der Waals surface area contributed by atoms with Crippen LogP contribution in [0.3, 0.4) is 0 Å². The lowest BCUT2D eigenvalue weighted by Crippen LogP contribution is -2.39. The Morgan fingerprint density at radius 1 is 1.00 bits per heavy atom. The van der Waals surface area contributed by atoms with E-state index < -0.39 is 0 Å². The molecule has 82 valence electrons. The number of nitrogens with two attached hydrogens (primary N) is 1. The predicted molar refractivity (Wildman–Crippen MR) is 71.4 cm³/mol. The summed E-state index contributed by atoms with van der Waals surface area (Å²) in [5.41, 5.74) is 5.83. The van der Waals surface area contributed by atoms with Gasteiger partial charge in [-0.25, -0.2) is 0 Å². The zero-order chi connectivity index (χ0) is 11.4. The van der Waals surface area contributed by atoms with Gasteiger partial charge in [0.2, 0.25) is 0 Å². The Bertz CT molecular complexity index is 547. The van der Waals surface area contributed by atoms with Gasteiger partial charge in [-0.2, -0.15) is 0 Å². The molecule has 0 radical (unpaired) electrons. The molecule has 0 bridgehead atoms. The van der Waals surface area contributed by atoms with Crippen LogP contribution in [0.5, 0.6) is 0 Å². The SMILES string of the molecule is C/C=c1/c(=C/C(C)N)/c(=C\C)s/c1=C/C. The molecule has 1 heterocycles.